The number of aromatic hydroxyl groups is 1. The lowest BCUT2D eigenvalue weighted by molar-refractivity contribution is 0.471. The fraction of sp³-hybridized carbons (Fsp3) is 0.0625. The summed E-state index contributed by atoms with van der Waals surface area (Å²) in [5.41, 5.74) is 8.64. The molecule has 3 aromatic rings. The van der Waals surface area contributed by atoms with Crippen LogP contribution in [0, 0.1) is 6.92 Å². The van der Waals surface area contributed by atoms with Crippen molar-refractivity contribution in [3.63, 3.8) is 0 Å². The van der Waals surface area contributed by atoms with Crippen molar-refractivity contribution < 1.29 is 9.52 Å². The Morgan fingerprint density at radius 3 is 2.65 bits per heavy atom. The van der Waals surface area contributed by atoms with Gasteiger partial charge in [0.2, 0.25) is 0 Å². The van der Waals surface area contributed by atoms with E-state index >= 15 is 0 Å². The summed E-state index contributed by atoms with van der Waals surface area (Å²) in [7, 11) is 0. The van der Waals surface area contributed by atoms with Crippen molar-refractivity contribution in [2.75, 3.05) is 5.73 Å². The molecule has 0 fully saturated rings. The van der Waals surface area contributed by atoms with Gasteiger partial charge < -0.3 is 15.3 Å². The number of nitrogen functional groups attached to an aromatic ring is 1. The molecule has 4 nitrogen and oxygen atoms in total. The van der Waals surface area contributed by atoms with E-state index in [4.69, 9.17) is 10.2 Å². The van der Waals surface area contributed by atoms with Gasteiger partial charge in [-0.2, -0.15) is 0 Å². The molecule has 1 heterocycles. The molecule has 100 valence electrons. The third kappa shape index (κ3) is 2.01. The molecule has 0 unspecified atom stereocenters. The van der Waals surface area contributed by atoms with Gasteiger partial charge in [-0.15, -0.1) is 0 Å². The first-order chi connectivity index (χ1) is 9.54. The summed E-state index contributed by atoms with van der Waals surface area (Å²) in [4.78, 5) is 11.7. The second kappa shape index (κ2) is 4.42. The number of anilines is 1. The summed E-state index contributed by atoms with van der Waals surface area (Å²) in [5.74, 6) is 0.188. The van der Waals surface area contributed by atoms with Crippen LogP contribution in [0.2, 0.25) is 0 Å². The van der Waals surface area contributed by atoms with Crippen molar-refractivity contribution in [2.45, 2.75) is 6.92 Å². The van der Waals surface area contributed by atoms with E-state index in [1.54, 1.807) is 30.3 Å². The van der Waals surface area contributed by atoms with Crippen LogP contribution in [0.1, 0.15) is 5.56 Å². The highest BCUT2D eigenvalue weighted by Gasteiger charge is 2.09. The van der Waals surface area contributed by atoms with Crippen molar-refractivity contribution in [3.05, 3.63) is 58.4 Å². The summed E-state index contributed by atoms with van der Waals surface area (Å²) >= 11 is 0. The number of rotatable bonds is 1. The Morgan fingerprint density at radius 1 is 1.10 bits per heavy atom. The minimum atomic E-state index is -0.433. The lowest BCUT2D eigenvalue weighted by Gasteiger charge is -2.08. The van der Waals surface area contributed by atoms with Crippen LogP contribution in [0.5, 0.6) is 5.75 Å². The number of benzene rings is 2. The minimum absolute atomic E-state index is 0.188. The highest BCUT2D eigenvalue weighted by Crippen LogP contribution is 2.31. The van der Waals surface area contributed by atoms with Crippen LogP contribution >= 0.6 is 0 Å². The van der Waals surface area contributed by atoms with Crippen molar-refractivity contribution >= 4 is 16.7 Å². The molecular formula is C16H13NO3. The average molecular weight is 267 g/mol. The molecular weight excluding hydrogens is 254 g/mol. The summed E-state index contributed by atoms with van der Waals surface area (Å²) in [6.07, 6.45) is 0. The number of aryl methyl sites for hydroxylation is 1. The van der Waals surface area contributed by atoms with Gasteiger partial charge >= 0.3 is 5.63 Å². The SMILES string of the molecule is Cc1ccc(-c2cc(=O)oc3ccc(N)cc23)cc1O. The van der Waals surface area contributed by atoms with Gasteiger partial charge in [-0.1, -0.05) is 12.1 Å². The molecule has 0 amide bonds. The molecule has 0 aliphatic heterocycles. The first-order valence-electron chi connectivity index (χ1n) is 6.18. The summed E-state index contributed by atoms with van der Waals surface area (Å²) < 4.78 is 5.16. The highest BCUT2D eigenvalue weighted by atomic mass is 16.4. The quantitative estimate of drug-likeness (QED) is 0.524. The summed E-state index contributed by atoms with van der Waals surface area (Å²) in [6.45, 7) is 1.81. The molecule has 0 saturated heterocycles. The number of nitrogens with two attached hydrogens (primary N) is 1. The van der Waals surface area contributed by atoms with E-state index in [9.17, 15) is 9.90 Å². The third-order valence-corrected chi connectivity index (χ3v) is 3.29. The zero-order valence-corrected chi connectivity index (χ0v) is 10.9. The Labute approximate surface area is 115 Å². The van der Waals surface area contributed by atoms with Gasteiger partial charge in [0.25, 0.3) is 0 Å². The van der Waals surface area contributed by atoms with E-state index < -0.39 is 5.63 Å². The van der Waals surface area contributed by atoms with Crippen LogP contribution in [-0.2, 0) is 0 Å². The molecule has 4 heteroatoms. The standard InChI is InChI=1S/C16H13NO3/c1-9-2-3-10(6-14(9)18)12-8-16(19)20-15-5-4-11(17)7-13(12)15/h2-8,18H,17H2,1H3. The van der Waals surface area contributed by atoms with Gasteiger partial charge in [-0.05, 0) is 42.3 Å². The van der Waals surface area contributed by atoms with Crippen LogP contribution in [0.25, 0.3) is 22.1 Å². The van der Waals surface area contributed by atoms with Crippen molar-refractivity contribution in [1.82, 2.24) is 0 Å². The van der Waals surface area contributed by atoms with Gasteiger partial charge in [0.1, 0.15) is 11.3 Å². The van der Waals surface area contributed by atoms with Gasteiger partial charge in [-0.25, -0.2) is 4.79 Å². The van der Waals surface area contributed by atoms with Crippen molar-refractivity contribution in [1.29, 1.82) is 0 Å². The van der Waals surface area contributed by atoms with E-state index in [-0.39, 0.29) is 5.75 Å². The maximum Gasteiger partial charge on any atom is 0.336 e. The second-order valence-electron chi connectivity index (χ2n) is 4.74. The summed E-state index contributed by atoms with van der Waals surface area (Å²) in [5, 5.41) is 10.6. The van der Waals surface area contributed by atoms with Crippen LogP contribution < -0.4 is 11.4 Å². The molecule has 3 rings (SSSR count). The normalized spacial score (nSPS) is 10.8. The molecule has 0 atom stereocenters. The zero-order chi connectivity index (χ0) is 14.3. The molecule has 2 aromatic carbocycles. The van der Waals surface area contributed by atoms with E-state index in [1.165, 1.54) is 6.07 Å². The molecule has 20 heavy (non-hydrogen) atoms. The Kier molecular flexibility index (Phi) is 2.71. The lowest BCUT2D eigenvalue weighted by atomic mass is 10.00. The molecule has 1 aromatic heterocycles. The topological polar surface area (TPSA) is 76.5 Å². The fourth-order valence-corrected chi connectivity index (χ4v) is 2.20. The van der Waals surface area contributed by atoms with Crippen LogP contribution in [0.15, 0.2) is 51.7 Å². The van der Waals surface area contributed by atoms with Crippen LogP contribution in [0.3, 0.4) is 0 Å². The van der Waals surface area contributed by atoms with Crippen LogP contribution in [0.4, 0.5) is 5.69 Å². The Morgan fingerprint density at radius 2 is 1.90 bits per heavy atom. The number of phenolic OH excluding ortho intramolecular Hbond substituents is 1. The van der Waals surface area contributed by atoms with E-state index in [1.807, 2.05) is 13.0 Å². The molecule has 0 aliphatic rings. The first-order valence-corrected chi connectivity index (χ1v) is 6.18. The second-order valence-corrected chi connectivity index (χ2v) is 4.74. The van der Waals surface area contributed by atoms with Gasteiger partial charge in [0.15, 0.2) is 0 Å². The summed E-state index contributed by atoms with van der Waals surface area (Å²) in [6, 6.07) is 11.8. The van der Waals surface area contributed by atoms with Crippen molar-refractivity contribution in [3.8, 4) is 16.9 Å². The Hall–Kier alpha value is -2.75. The predicted octanol–water partition coefficient (Wildman–Crippen LogP) is 3.06. The molecule has 3 N–H and O–H groups in total. The number of phenols is 1. The maximum absolute atomic E-state index is 11.7. The monoisotopic (exact) mass is 267 g/mol. The molecule has 0 radical (unpaired) electrons. The van der Waals surface area contributed by atoms with Crippen LogP contribution in [-0.4, -0.2) is 5.11 Å². The van der Waals surface area contributed by atoms with Gasteiger partial charge in [0, 0.05) is 22.7 Å². The number of fused-ring (bicyclic) bond motifs is 1. The maximum atomic E-state index is 11.7. The van der Waals surface area contributed by atoms with E-state index in [0.29, 0.717) is 16.8 Å². The number of hydrogen-bond acceptors (Lipinski definition) is 4. The predicted molar refractivity (Wildman–Crippen MR) is 78.7 cm³/mol. The zero-order valence-electron chi connectivity index (χ0n) is 10.9. The third-order valence-electron chi connectivity index (χ3n) is 3.29. The van der Waals surface area contributed by atoms with Gasteiger partial charge in [-0.3, -0.25) is 0 Å². The Balaban J connectivity index is 2.36. The molecule has 0 saturated carbocycles. The van der Waals surface area contributed by atoms with Crippen molar-refractivity contribution in [2.24, 2.45) is 0 Å². The number of hydrogen-bond donors (Lipinski definition) is 2. The highest BCUT2D eigenvalue weighted by molar-refractivity contribution is 5.95. The fourth-order valence-electron chi connectivity index (χ4n) is 2.20. The molecule has 0 aliphatic carbocycles. The first kappa shape index (κ1) is 12.3. The minimum Gasteiger partial charge on any atom is -0.508 e. The van der Waals surface area contributed by atoms with E-state index in [2.05, 4.69) is 0 Å². The lowest BCUT2D eigenvalue weighted by Crippen LogP contribution is -1.98. The largest absolute Gasteiger partial charge is 0.508 e. The Bertz CT molecular complexity index is 865. The smallest absolute Gasteiger partial charge is 0.336 e. The molecule has 0 bridgehead atoms. The molecule has 0 spiro atoms. The van der Waals surface area contributed by atoms with E-state index in [0.717, 1.165) is 16.5 Å². The van der Waals surface area contributed by atoms with Gasteiger partial charge in [0.05, 0.1) is 0 Å². The average Bonchev–Trinajstić information content (AvgIpc) is 2.41.